The van der Waals surface area contributed by atoms with Gasteiger partial charge in [-0.3, -0.25) is 4.79 Å². The molecule has 2 aromatic carbocycles. The molecule has 0 spiro atoms. The minimum absolute atomic E-state index is 0.349. The van der Waals surface area contributed by atoms with Gasteiger partial charge in [0.15, 0.2) is 6.29 Å². The summed E-state index contributed by atoms with van der Waals surface area (Å²) in [6, 6.07) is 11.1. The number of aldehydes is 1. The molecule has 116 valence electrons. The number of aryl methyl sites for hydroxylation is 2. The first-order valence-corrected chi connectivity index (χ1v) is 7.10. The van der Waals surface area contributed by atoms with Crippen LogP contribution < -0.4 is 14.2 Å². The molecular formula is C18H20O4. The average molecular weight is 300 g/mol. The molecule has 0 saturated heterocycles. The quantitative estimate of drug-likeness (QED) is 0.579. The Morgan fingerprint density at radius 1 is 0.955 bits per heavy atom. The van der Waals surface area contributed by atoms with Gasteiger partial charge in [0.05, 0.1) is 12.7 Å². The van der Waals surface area contributed by atoms with Crippen molar-refractivity contribution in [2.75, 3.05) is 20.3 Å². The second-order valence-corrected chi connectivity index (χ2v) is 4.99. The van der Waals surface area contributed by atoms with Crippen molar-refractivity contribution in [1.82, 2.24) is 0 Å². The lowest BCUT2D eigenvalue weighted by Gasteiger charge is -2.12. The van der Waals surface area contributed by atoms with Crippen LogP contribution in [-0.4, -0.2) is 26.6 Å². The fraction of sp³-hybridized carbons (Fsp3) is 0.278. The summed E-state index contributed by atoms with van der Waals surface area (Å²) in [7, 11) is 1.57. The van der Waals surface area contributed by atoms with Crippen LogP contribution in [0.2, 0.25) is 0 Å². The van der Waals surface area contributed by atoms with Gasteiger partial charge in [0.25, 0.3) is 0 Å². The van der Waals surface area contributed by atoms with Crippen molar-refractivity contribution in [1.29, 1.82) is 0 Å². The molecule has 0 saturated carbocycles. The number of hydrogen-bond acceptors (Lipinski definition) is 4. The summed E-state index contributed by atoms with van der Waals surface area (Å²) in [6.07, 6.45) is 0.764. The average Bonchev–Trinajstić information content (AvgIpc) is 2.53. The van der Waals surface area contributed by atoms with Gasteiger partial charge >= 0.3 is 0 Å². The first-order valence-electron chi connectivity index (χ1n) is 7.10. The number of hydrogen-bond donors (Lipinski definition) is 0. The van der Waals surface area contributed by atoms with E-state index >= 15 is 0 Å². The van der Waals surface area contributed by atoms with Crippen molar-refractivity contribution in [3.8, 4) is 17.2 Å². The summed E-state index contributed by atoms with van der Waals surface area (Å²) in [6.45, 7) is 4.81. The highest BCUT2D eigenvalue weighted by molar-refractivity contribution is 5.79. The minimum atomic E-state index is 0.349. The lowest BCUT2D eigenvalue weighted by molar-refractivity contribution is 0.111. The zero-order valence-corrected chi connectivity index (χ0v) is 13.1. The van der Waals surface area contributed by atoms with Gasteiger partial charge in [-0.25, -0.2) is 0 Å². The van der Waals surface area contributed by atoms with Gasteiger partial charge in [0, 0.05) is 6.07 Å². The summed E-state index contributed by atoms with van der Waals surface area (Å²) in [5.41, 5.74) is 2.79. The molecule has 0 aliphatic rings. The Balaban J connectivity index is 1.92. The van der Waals surface area contributed by atoms with Gasteiger partial charge < -0.3 is 14.2 Å². The molecule has 0 aliphatic carbocycles. The van der Waals surface area contributed by atoms with E-state index in [1.54, 1.807) is 25.3 Å². The molecule has 22 heavy (non-hydrogen) atoms. The SMILES string of the molecule is COc1ccc(C=O)c(OCCOc2ccc(C)cc2C)c1. The van der Waals surface area contributed by atoms with Crippen LogP contribution in [0.1, 0.15) is 21.5 Å². The maximum Gasteiger partial charge on any atom is 0.153 e. The van der Waals surface area contributed by atoms with Crippen LogP contribution in [0.25, 0.3) is 0 Å². The van der Waals surface area contributed by atoms with E-state index in [9.17, 15) is 4.79 Å². The monoisotopic (exact) mass is 300 g/mol. The van der Waals surface area contributed by atoms with Crippen molar-refractivity contribution in [2.24, 2.45) is 0 Å². The topological polar surface area (TPSA) is 44.8 Å². The van der Waals surface area contributed by atoms with Gasteiger partial charge in [-0.2, -0.15) is 0 Å². The number of carbonyl (C=O) groups is 1. The van der Waals surface area contributed by atoms with E-state index in [0.29, 0.717) is 30.3 Å². The number of ether oxygens (including phenoxy) is 3. The summed E-state index contributed by atoms with van der Waals surface area (Å²) >= 11 is 0. The highest BCUT2D eigenvalue weighted by atomic mass is 16.5. The van der Waals surface area contributed by atoms with E-state index in [1.807, 2.05) is 26.0 Å². The van der Waals surface area contributed by atoms with Crippen molar-refractivity contribution in [2.45, 2.75) is 13.8 Å². The highest BCUT2D eigenvalue weighted by Crippen LogP contribution is 2.24. The first kappa shape index (κ1) is 15.9. The second-order valence-electron chi connectivity index (χ2n) is 4.99. The third kappa shape index (κ3) is 4.01. The van der Waals surface area contributed by atoms with E-state index < -0.39 is 0 Å². The molecule has 0 aliphatic heterocycles. The number of rotatable bonds is 7. The van der Waals surface area contributed by atoms with Crippen LogP contribution in [0.5, 0.6) is 17.2 Å². The molecule has 0 aromatic heterocycles. The van der Waals surface area contributed by atoms with E-state index in [0.717, 1.165) is 17.6 Å². The maximum absolute atomic E-state index is 11.0. The molecule has 0 N–H and O–H groups in total. The number of carbonyl (C=O) groups excluding carboxylic acids is 1. The van der Waals surface area contributed by atoms with Gasteiger partial charge in [-0.1, -0.05) is 17.7 Å². The highest BCUT2D eigenvalue weighted by Gasteiger charge is 2.06. The van der Waals surface area contributed by atoms with Gasteiger partial charge in [0.2, 0.25) is 0 Å². The lowest BCUT2D eigenvalue weighted by atomic mass is 10.1. The molecule has 0 bridgehead atoms. The first-order chi connectivity index (χ1) is 10.6. The van der Waals surface area contributed by atoms with Crippen LogP contribution in [0, 0.1) is 13.8 Å². The number of benzene rings is 2. The lowest BCUT2D eigenvalue weighted by Crippen LogP contribution is -2.10. The Bertz CT molecular complexity index is 650. The normalized spacial score (nSPS) is 10.1. The molecule has 0 amide bonds. The molecule has 0 fully saturated rings. The molecule has 2 aromatic rings. The van der Waals surface area contributed by atoms with Crippen LogP contribution in [0.4, 0.5) is 0 Å². The summed E-state index contributed by atoms with van der Waals surface area (Å²) in [4.78, 5) is 11.0. The van der Waals surface area contributed by atoms with Crippen LogP contribution in [-0.2, 0) is 0 Å². The summed E-state index contributed by atoms with van der Waals surface area (Å²) in [5, 5.41) is 0. The fourth-order valence-electron chi connectivity index (χ4n) is 2.13. The molecule has 0 atom stereocenters. The number of methoxy groups -OCH3 is 1. The van der Waals surface area contributed by atoms with Crippen LogP contribution >= 0.6 is 0 Å². The third-order valence-corrected chi connectivity index (χ3v) is 3.28. The maximum atomic E-state index is 11.0. The Hall–Kier alpha value is -2.49. The van der Waals surface area contributed by atoms with Crippen LogP contribution in [0.3, 0.4) is 0 Å². The van der Waals surface area contributed by atoms with E-state index in [1.165, 1.54) is 5.56 Å². The van der Waals surface area contributed by atoms with Crippen molar-refractivity contribution in [3.63, 3.8) is 0 Å². The van der Waals surface area contributed by atoms with Gasteiger partial charge in [-0.15, -0.1) is 0 Å². The summed E-state index contributed by atoms with van der Waals surface area (Å²) in [5.74, 6) is 1.99. The minimum Gasteiger partial charge on any atom is -0.497 e. The van der Waals surface area contributed by atoms with Crippen molar-refractivity contribution in [3.05, 3.63) is 53.1 Å². The third-order valence-electron chi connectivity index (χ3n) is 3.28. The van der Waals surface area contributed by atoms with Crippen molar-refractivity contribution < 1.29 is 19.0 Å². The zero-order chi connectivity index (χ0) is 15.9. The largest absolute Gasteiger partial charge is 0.497 e. The summed E-state index contributed by atoms with van der Waals surface area (Å²) < 4.78 is 16.4. The van der Waals surface area contributed by atoms with E-state index in [-0.39, 0.29) is 0 Å². The Labute approximate surface area is 130 Å². The van der Waals surface area contributed by atoms with E-state index in [2.05, 4.69) is 6.07 Å². The van der Waals surface area contributed by atoms with Gasteiger partial charge in [0.1, 0.15) is 30.5 Å². The Morgan fingerprint density at radius 3 is 2.32 bits per heavy atom. The smallest absolute Gasteiger partial charge is 0.153 e. The molecule has 4 nitrogen and oxygen atoms in total. The van der Waals surface area contributed by atoms with E-state index in [4.69, 9.17) is 14.2 Å². The standard InChI is InChI=1S/C18H20O4/c1-13-4-7-17(14(2)10-13)21-8-9-22-18-11-16(20-3)6-5-15(18)12-19/h4-7,10-12H,8-9H2,1-3H3. The molecule has 0 heterocycles. The molecule has 0 unspecified atom stereocenters. The predicted molar refractivity (Wildman–Crippen MR) is 85.3 cm³/mol. The van der Waals surface area contributed by atoms with Crippen molar-refractivity contribution >= 4 is 6.29 Å². The molecule has 4 heteroatoms. The van der Waals surface area contributed by atoms with Gasteiger partial charge in [-0.05, 0) is 37.6 Å². The Kier molecular flexibility index (Phi) is 5.42. The molecule has 2 rings (SSSR count). The Morgan fingerprint density at radius 2 is 1.68 bits per heavy atom. The zero-order valence-electron chi connectivity index (χ0n) is 13.1. The molecular weight excluding hydrogens is 280 g/mol. The van der Waals surface area contributed by atoms with Crippen LogP contribution in [0.15, 0.2) is 36.4 Å². The molecule has 0 radical (unpaired) electrons. The fourth-order valence-corrected chi connectivity index (χ4v) is 2.13. The second kappa shape index (κ2) is 7.50. The predicted octanol–water partition coefficient (Wildman–Crippen LogP) is 3.58.